The molecule has 0 aliphatic heterocycles. The van der Waals surface area contributed by atoms with E-state index in [1.54, 1.807) is 0 Å². The molecule has 2 amide bonds. The Morgan fingerprint density at radius 1 is 1.15 bits per heavy atom. The third-order valence-electron chi connectivity index (χ3n) is 6.41. The number of hydrogen-bond acceptors (Lipinski definition) is 6. The van der Waals surface area contributed by atoms with Crippen LogP contribution >= 0.6 is 11.6 Å². The molecule has 2 heterocycles. The van der Waals surface area contributed by atoms with Crippen molar-refractivity contribution in [2.45, 2.75) is 50.9 Å². The predicted molar refractivity (Wildman–Crippen MR) is 130 cm³/mol. The lowest BCUT2D eigenvalue weighted by atomic mass is 9.97. The highest BCUT2D eigenvalue weighted by Gasteiger charge is 2.44. The quantitative estimate of drug-likeness (QED) is 0.228. The Balaban J connectivity index is 1.52. The van der Waals surface area contributed by atoms with Gasteiger partial charge < -0.3 is 20.1 Å². The monoisotopic (exact) mass is 588 g/mol. The number of aryl methyl sites for hydroxylation is 1. The minimum Gasteiger partial charge on any atom is -0.485 e. The van der Waals surface area contributed by atoms with Crippen molar-refractivity contribution in [2.24, 2.45) is 0 Å². The molecule has 1 aliphatic carbocycles. The van der Waals surface area contributed by atoms with E-state index < -0.39 is 47.9 Å². The molecule has 1 aromatic carbocycles. The van der Waals surface area contributed by atoms with Crippen molar-refractivity contribution in [2.75, 3.05) is 6.54 Å². The van der Waals surface area contributed by atoms with E-state index in [1.807, 2.05) is 0 Å². The smallest absolute Gasteiger partial charge is 0.485 e. The summed E-state index contributed by atoms with van der Waals surface area (Å²) < 4.78 is 76.2. The van der Waals surface area contributed by atoms with E-state index in [4.69, 9.17) is 16.3 Å². The number of imidazole rings is 1. The Labute approximate surface area is 228 Å². The van der Waals surface area contributed by atoms with Crippen LogP contribution in [0.4, 0.5) is 26.7 Å². The fourth-order valence-electron chi connectivity index (χ4n) is 4.51. The summed E-state index contributed by atoms with van der Waals surface area (Å²) in [6.45, 7) is 0.854. The van der Waals surface area contributed by atoms with Gasteiger partial charge in [0.05, 0.1) is 21.8 Å². The largest absolute Gasteiger partial charge is 0.491 e. The lowest BCUT2D eigenvalue weighted by Crippen LogP contribution is -2.54. The first-order valence-corrected chi connectivity index (χ1v) is 12.3. The minimum atomic E-state index is -5.34. The van der Waals surface area contributed by atoms with Crippen LogP contribution in [0.25, 0.3) is 5.65 Å². The van der Waals surface area contributed by atoms with Gasteiger partial charge in [-0.25, -0.2) is 23.4 Å². The van der Waals surface area contributed by atoms with E-state index in [9.17, 15) is 36.3 Å². The second-order valence-corrected chi connectivity index (χ2v) is 9.66. The van der Waals surface area contributed by atoms with Crippen molar-refractivity contribution in [1.29, 1.82) is 0 Å². The van der Waals surface area contributed by atoms with Gasteiger partial charge in [0.25, 0.3) is 5.91 Å². The van der Waals surface area contributed by atoms with Crippen LogP contribution in [-0.4, -0.2) is 45.6 Å². The van der Waals surface area contributed by atoms with Gasteiger partial charge in [0, 0.05) is 18.8 Å². The molecule has 1 saturated carbocycles. The van der Waals surface area contributed by atoms with Crippen LogP contribution in [0.3, 0.4) is 0 Å². The number of esters is 1. The lowest BCUT2D eigenvalue weighted by Gasteiger charge is -2.30. The van der Waals surface area contributed by atoms with Gasteiger partial charge in [-0.05, 0) is 31.9 Å². The standard InChI is InChI=1S/C25H22ClF5N4O5/c1-13-19(21(36)32-12-24(7-2-3-8-24)34-23(38)40-22(37)25(29,30)31)35-10-14(26)9-18(20(35)33-13)39-11-15-16(27)5-4-6-17(15)28/h4-6,9-10H,2-3,7-8,11-12H2,1H3,(H,32,36)(H,34,38). The van der Waals surface area contributed by atoms with Crippen LogP contribution in [0.2, 0.25) is 5.02 Å². The zero-order valence-corrected chi connectivity index (χ0v) is 21.6. The van der Waals surface area contributed by atoms with Crippen LogP contribution in [0.15, 0.2) is 30.5 Å². The maximum atomic E-state index is 14.0. The number of carbonyl (C=O) groups excluding carboxylic acids is 3. The molecule has 0 atom stereocenters. The minimum absolute atomic E-state index is 0.0300. The number of carbonyl (C=O) groups is 3. The van der Waals surface area contributed by atoms with Crippen molar-refractivity contribution in [3.63, 3.8) is 0 Å². The molecule has 2 aromatic heterocycles. The molecule has 0 radical (unpaired) electrons. The fraction of sp³-hybridized carbons (Fsp3) is 0.360. The number of ether oxygens (including phenoxy) is 2. The summed E-state index contributed by atoms with van der Waals surface area (Å²) in [5.74, 6) is -4.89. The molecule has 214 valence electrons. The van der Waals surface area contributed by atoms with Crippen LogP contribution in [0, 0.1) is 18.6 Å². The number of pyridine rings is 1. The number of aromatic nitrogens is 2. The molecule has 4 rings (SSSR count). The molecular weight excluding hydrogens is 567 g/mol. The first kappa shape index (κ1) is 29.1. The summed E-state index contributed by atoms with van der Waals surface area (Å²) >= 11 is 6.21. The summed E-state index contributed by atoms with van der Waals surface area (Å²) in [5, 5.41) is 5.05. The number of amides is 2. The molecule has 0 spiro atoms. The highest BCUT2D eigenvalue weighted by molar-refractivity contribution is 6.30. The van der Waals surface area contributed by atoms with Gasteiger partial charge in [0.15, 0.2) is 11.4 Å². The van der Waals surface area contributed by atoms with E-state index >= 15 is 0 Å². The number of fused-ring (bicyclic) bond motifs is 1. The van der Waals surface area contributed by atoms with Crippen molar-refractivity contribution >= 4 is 35.2 Å². The molecule has 0 unspecified atom stereocenters. The number of halogens is 6. The first-order chi connectivity index (χ1) is 18.8. The summed E-state index contributed by atoms with van der Waals surface area (Å²) in [4.78, 5) is 40.5. The second kappa shape index (κ2) is 11.3. The molecule has 1 aliphatic rings. The molecule has 15 heteroatoms. The van der Waals surface area contributed by atoms with E-state index in [0.29, 0.717) is 25.7 Å². The van der Waals surface area contributed by atoms with Crippen LogP contribution in [0.5, 0.6) is 5.75 Å². The Bertz CT molecular complexity index is 1450. The third kappa shape index (κ3) is 6.27. The zero-order valence-electron chi connectivity index (χ0n) is 20.8. The lowest BCUT2D eigenvalue weighted by molar-refractivity contribution is -0.193. The van der Waals surface area contributed by atoms with Crippen molar-refractivity contribution < 1.29 is 45.8 Å². The molecule has 2 N–H and O–H groups in total. The Morgan fingerprint density at radius 2 is 1.80 bits per heavy atom. The van der Waals surface area contributed by atoms with Gasteiger partial charge in [0.1, 0.15) is 23.9 Å². The van der Waals surface area contributed by atoms with Gasteiger partial charge in [-0.2, -0.15) is 13.2 Å². The maximum Gasteiger partial charge on any atom is 0.491 e. The highest BCUT2D eigenvalue weighted by Crippen LogP contribution is 2.31. The zero-order chi connectivity index (χ0) is 29.2. The SMILES string of the molecule is Cc1nc2c(OCc3c(F)cccc3F)cc(Cl)cn2c1C(=O)NCC1(NC(=O)OC(=O)C(F)(F)F)CCCC1. The molecule has 0 saturated heterocycles. The number of hydrogen-bond donors (Lipinski definition) is 2. The van der Waals surface area contributed by atoms with Gasteiger partial charge in [-0.1, -0.05) is 30.5 Å². The first-order valence-electron chi connectivity index (χ1n) is 11.9. The molecule has 40 heavy (non-hydrogen) atoms. The van der Waals surface area contributed by atoms with Crippen LogP contribution < -0.4 is 15.4 Å². The number of nitrogens with one attached hydrogen (secondary N) is 2. The summed E-state index contributed by atoms with van der Waals surface area (Å²) in [7, 11) is 0. The fourth-order valence-corrected chi connectivity index (χ4v) is 4.71. The van der Waals surface area contributed by atoms with Crippen molar-refractivity contribution in [3.8, 4) is 5.75 Å². The average Bonchev–Trinajstić information content (AvgIpc) is 3.45. The molecule has 3 aromatic rings. The van der Waals surface area contributed by atoms with E-state index in [2.05, 4.69) is 20.4 Å². The van der Waals surface area contributed by atoms with Crippen molar-refractivity contribution in [1.82, 2.24) is 20.0 Å². The van der Waals surface area contributed by atoms with E-state index in [1.165, 1.54) is 29.7 Å². The molecule has 9 nitrogen and oxygen atoms in total. The number of nitrogens with zero attached hydrogens (tertiary/aromatic N) is 2. The van der Waals surface area contributed by atoms with Crippen LogP contribution in [-0.2, 0) is 16.1 Å². The van der Waals surface area contributed by atoms with Gasteiger partial charge in [-0.15, -0.1) is 0 Å². The Kier molecular flexibility index (Phi) is 8.19. The second-order valence-electron chi connectivity index (χ2n) is 9.22. The van der Waals surface area contributed by atoms with Gasteiger partial charge in [-0.3, -0.25) is 9.20 Å². The molecule has 1 fully saturated rings. The molecule has 0 bridgehead atoms. The highest BCUT2D eigenvalue weighted by atomic mass is 35.5. The molecular formula is C25H22ClF5N4O5. The topological polar surface area (TPSA) is 111 Å². The number of alkyl halides is 3. The number of benzene rings is 1. The van der Waals surface area contributed by atoms with E-state index in [-0.39, 0.29) is 39.9 Å². The third-order valence-corrected chi connectivity index (χ3v) is 6.61. The predicted octanol–water partition coefficient (Wildman–Crippen LogP) is 5.01. The number of rotatable bonds is 7. The summed E-state index contributed by atoms with van der Waals surface area (Å²) in [6.07, 6.45) is -3.71. The van der Waals surface area contributed by atoms with Gasteiger partial charge in [0.2, 0.25) is 0 Å². The maximum absolute atomic E-state index is 14.0. The average molecular weight is 589 g/mol. The number of alkyl carbamates (subject to hydrolysis) is 1. The summed E-state index contributed by atoms with van der Waals surface area (Å²) in [5.41, 5.74) is -1.06. The normalized spacial score (nSPS) is 14.7. The van der Waals surface area contributed by atoms with Gasteiger partial charge >= 0.3 is 18.2 Å². The summed E-state index contributed by atoms with van der Waals surface area (Å²) in [6, 6.07) is 4.74. The Morgan fingerprint density at radius 3 is 2.42 bits per heavy atom. The van der Waals surface area contributed by atoms with Crippen molar-refractivity contribution in [3.05, 3.63) is 64.1 Å². The van der Waals surface area contributed by atoms with E-state index in [0.717, 1.165) is 12.1 Å². The Hall–Kier alpha value is -3.94. The van der Waals surface area contributed by atoms with Crippen LogP contribution in [0.1, 0.15) is 47.4 Å².